The predicted octanol–water partition coefficient (Wildman–Crippen LogP) is 11.2. The molecule has 0 aromatic rings. The van der Waals surface area contributed by atoms with Gasteiger partial charge in [0.1, 0.15) is 0 Å². The summed E-state index contributed by atoms with van der Waals surface area (Å²) in [5.41, 5.74) is 0. The molecule has 0 aliphatic carbocycles. The van der Waals surface area contributed by atoms with Crippen LogP contribution in [0, 0.1) is 0 Å². The SMILES string of the molecule is CCCCCCCCCC(=O)O.CCCCCCCCCCCC(=O)O.CCCCCCCCCCCC(=O)O. The van der Waals surface area contributed by atoms with E-state index in [4.69, 9.17) is 15.3 Å². The van der Waals surface area contributed by atoms with Gasteiger partial charge in [0.2, 0.25) is 0 Å². The molecule has 0 aliphatic heterocycles. The molecule has 0 aromatic carbocycles. The number of hydrogen-bond donors (Lipinski definition) is 3. The fourth-order valence-corrected chi connectivity index (χ4v) is 4.41. The molecule has 0 spiro atoms. The molecule has 0 aliphatic rings. The largest absolute Gasteiger partial charge is 0.481 e. The second-order valence-electron chi connectivity index (χ2n) is 11.2. The molecular weight excluding hydrogens is 504 g/mol. The van der Waals surface area contributed by atoms with E-state index in [2.05, 4.69) is 20.8 Å². The third kappa shape index (κ3) is 52.8. The van der Waals surface area contributed by atoms with E-state index in [0.717, 1.165) is 38.5 Å². The molecule has 0 aromatic heterocycles. The van der Waals surface area contributed by atoms with E-state index < -0.39 is 17.9 Å². The van der Waals surface area contributed by atoms with Gasteiger partial charge in [-0.1, -0.05) is 162 Å². The number of unbranched alkanes of at least 4 members (excludes halogenated alkanes) is 22. The molecule has 0 fully saturated rings. The zero-order chi connectivity index (χ0) is 30.5. The zero-order valence-corrected chi connectivity index (χ0v) is 26.9. The lowest BCUT2D eigenvalue weighted by atomic mass is 10.1. The molecule has 0 amide bonds. The van der Waals surface area contributed by atoms with Crippen LogP contribution in [0.3, 0.4) is 0 Å². The summed E-state index contributed by atoms with van der Waals surface area (Å²) < 4.78 is 0. The maximum Gasteiger partial charge on any atom is 0.303 e. The van der Waals surface area contributed by atoms with Crippen LogP contribution in [0.15, 0.2) is 0 Å². The highest BCUT2D eigenvalue weighted by molar-refractivity contribution is 5.67. The fourth-order valence-electron chi connectivity index (χ4n) is 4.41. The molecule has 0 rings (SSSR count). The first-order valence-electron chi connectivity index (χ1n) is 17.0. The first kappa shape index (κ1) is 42.9. The van der Waals surface area contributed by atoms with Crippen molar-refractivity contribution in [3.8, 4) is 0 Å². The number of hydrogen-bond acceptors (Lipinski definition) is 3. The van der Waals surface area contributed by atoms with E-state index in [9.17, 15) is 14.4 Å². The highest BCUT2D eigenvalue weighted by Gasteiger charge is 1.98. The maximum absolute atomic E-state index is 10.2. The highest BCUT2D eigenvalue weighted by atomic mass is 16.4. The third-order valence-electron chi connectivity index (χ3n) is 6.98. The smallest absolute Gasteiger partial charge is 0.303 e. The molecule has 0 atom stereocenters. The van der Waals surface area contributed by atoms with Crippen LogP contribution in [0.25, 0.3) is 0 Å². The van der Waals surface area contributed by atoms with Gasteiger partial charge in [0.05, 0.1) is 0 Å². The minimum absolute atomic E-state index is 0.341. The van der Waals surface area contributed by atoms with Crippen LogP contribution < -0.4 is 0 Å². The number of rotatable bonds is 28. The van der Waals surface area contributed by atoms with E-state index >= 15 is 0 Å². The Balaban J connectivity index is -0.000000515. The summed E-state index contributed by atoms with van der Waals surface area (Å²) in [6.07, 6.45) is 31.6. The van der Waals surface area contributed by atoms with Gasteiger partial charge in [-0.3, -0.25) is 14.4 Å². The zero-order valence-electron chi connectivity index (χ0n) is 26.9. The van der Waals surface area contributed by atoms with Gasteiger partial charge in [-0.15, -0.1) is 0 Å². The normalized spacial score (nSPS) is 10.3. The summed E-state index contributed by atoms with van der Waals surface area (Å²) in [6.45, 7) is 6.65. The van der Waals surface area contributed by atoms with Gasteiger partial charge >= 0.3 is 17.9 Å². The summed E-state index contributed by atoms with van der Waals surface area (Å²) in [6, 6.07) is 0. The maximum atomic E-state index is 10.2. The van der Waals surface area contributed by atoms with Crippen molar-refractivity contribution in [3.05, 3.63) is 0 Å². The van der Waals surface area contributed by atoms with Gasteiger partial charge < -0.3 is 15.3 Å². The molecule has 6 heteroatoms. The molecule has 0 radical (unpaired) electrons. The Morgan fingerprint density at radius 2 is 0.450 bits per heavy atom. The molecular formula is C34H68O6. The first-order valence-corrected chi connectivity index (χ1v) is 17.0. The van der Waals surface area contributed by atoms with Crippen molar-refractivity contribution in [1.82, 2.24) is 0 Å². The summed E-state index contributed by atoms with van der Waals surface area (Å²) in [5.74, 6) is -1.98. The number of carboxylic acids is 3. The number of carboxylic acid groups (broad SMARTS) is 3. The lowest BCUT2D eigenvalue weighted by Crippen LogP contribution is -1.93. The second-order valence-corrected chi connectivity index (χ2v) is 11.2. The minimum atomic E-state index is -0.663. The molecule has 3 N–H and O–H groups in total. The monoisotopic (exact) mass is 573 g/mol. The number of aliphatic carboxylic acids is 3. The fraction of sp³-hybridized carbons (Fsp3) is 0.912. The Hall–Kier alpha value is -1.59. The lowest BCUT2D eigenvalue weighted by Gasteiger charge is -2.00. The van der Waals surface area contributed by atoms with Crippen LogP contribution >= 0.6 is 0 Å². The van der Waals surface area contributed by atoms with E-state index in [-0.39, 0.29) is 0 Å². The van der Waals surface area contributed by atoms with Crippen molar-refractivity contribution < 1.29 is 29.7 Å². The molecule has 240 valence electrons. The van der Waals surface area contributed by atoms with Crippen molar-refractivity contribution in [3.63, 3.8) is 0 Å². The van der Waals surface area contributed by atoms with Crippen molar-refractivity contribution in [2.45, 2.75) is 201 Å². The topological polar surface area (TPSA) is 112 Å². The Kier molecular flexibility index (Phi) is 42.4. The third-order valence-corrected chi connectivity index (χ3v) is 6.98. The molecule has 0 unspecified atom stereocenters. The molecule has 6 nitrogen and oxygen atoms in total. The summed E-state index contributed by atoms with van der Waals surface area (Å²) in [7, 11) is 0. The van der Waals surface area contributed by atoms with Crippen LogP contribution in [0.1, 0.15) is 201 Å². The van der Waals surface area contributed by atoms with E-state index in [1.807, 2.05) is 0 Å². The van der Waals surface area contributed by atoms with Gasteiger partial charge in [0, 0.05) is 19.3 Å². The summed E-state index contributed by atoms with van der Waals surface area (Å²) in [5, 5.41) is 25.2. The van der Waals surface area contributed by atoms with Gasteiger partial charge in [-0.05, 0) is 19.3 Å². The molecule has 0 saturated carbocycles. The van der Waals surface area contributed by atoms with E-state index in [1.54, 1.807) is 0 Å². The van der Waals surface area contributed by atoms with Gasteiger partial charge in [-0.25, -0.2) is 0 Å². The Morgan fingerprint density at radius 3 is 0.600 bits per heavy atom. The van der Waals surface area contributed by atoms with Crippen LogP contribution in [0.4, 0.5) is 0 Å². The summed E-state index contributed by atoms with van der Waals surface area (Å²) in [4.78, 5) is 30.5. The minimum Gasteiger partial charge on any atom is -0.481 e. The first-order chi connectivity index (χ1) is 19.3. The molecule has 0 heterocycles. The van der Waals surface area contributed by atoms with Crippen LogP contribution in [0.5, 0.6) is 0 Å². The molecule has 40 heavy (non-hydrogen) atoms. The molecule has 0 bridgehead atoms. The average Bonchev–Trinajstić information content (AvgIpc) is 2.91. The van der Waals surface area contributed by atoms with Gasteiger partial charge in [-0.2, -0.15) is 0 Å². The van der Waals surface area contributed by atoms with Crippen LogP contribution in [-0.2, 0) is 14.4 Å². The van der Waals surface area contributed by atoms with E-state index in [0.29, 0.717) is 19.3 Å². The Bertz CT molecular complexity index is 489. The molecule has 0 saturated heterocycles. The van der Waals surface area contributed by atoms with Crippen LogP contribution in [0.2, 0.25) is 0 Å². The van der Waals surface area contributed by atoms with Crippen LogP contribution in [-0.4, -0.2) is 33.2 Å². The number of carbonyl (C=O) groups is 3. The predicted molar refractivity (Wildman–Crippen MR) is 169 cm³/mol. The van der Waals surface area contributed by atoms with Crippen molar-refractivity contribution >= 4 is 17.9 Å². The van der Waals surface area contributed by atoms with Crippen molar-refractivity contribution in [2.24, 2.45) is 0 Å². The highest BCUT2D eigenvalue weighted by Crippen LogP contribution is 2.11. The van der Waals surface area contributed by atoms with E-state index in [1.165, 1.54) is 122 Å². The Labute approximate surface area is 248 Å². The summed E-state index contributed by atoms with van der Waals surface area (Å²) >= 11 is 0. The van der Waals surface area contributed by atoms with Gasteiger partial charge in [0.25, 0.3) is 0 Å². The standard InChI is InChI=1S/2C12H24O2.C10H20O2/c2*1-2-3-4-5-6-7-8-9-10-11-12(13)14;1-2-3-4-5-6-7-8-9-10(11)12/h2*2-11H2,1H3,(H,13,14);2-9H2,1H3,(H,11,12). The van der Waals surface area contributed by atoms with Crippen molar-refractivity contribution in [2.75, 3.05) is 0 Å². The second kappa shape index (κ2) is 39.6. The van der Waals surface area contributed by atoms with Crippen molar-refractivity contribution in [1.29, 1.82) is 0 Å². The lowest BCUT2D eigenvalue weighted by molar-refractivity contribution is -0.138. The van der Waals surface area contributed by atoms with Gasteiger partial charge in [0.15, 0.2) is 0 Å². The Morgan fingerprint density at radius 1 is 0.300 bits per heavy atom. The quantitative estimate of drug-likeness (QED) is 0.0804. The average molecular weight is 573 g/mol.